The molecule has 0 saturated heterocycles. The average Bonchev–Trinajstić information content (AvgIpc) is 3.06. The molecular formula is C41H80N2O6P+. The van der Waals surface area contributed by atoms with Gasteiger partial charge in [0.1, 0.15) is 13.2 Å². The molecule has 0 aromatic rings. The first-order valence-electron chi connectivity index (χ1n) is 20.4. The van der Waals surface area contributed by atoms with Crippen molar-refractivity contribution in [2.45, 2.75) is 180 Å². The highest BCUT2D eigenvalue weighted by Crippen LogP contribution is 2.43. The van der Waals surface area contributed by atoms with Crippen molar-refractivity contribution in [2.75, 3.05) is 40.9 Å². The Labute approximate surface area is 308 Å². The Balaban J connectivity index is 4.48. The number of quaternary nitrogens is 1. The van der Waals surface area contributed by atoms with Crippen molar-refractivity contribution >= 4 is 13.7 Å². The zero-order valence-corrected chi connectivity index (χ0v) is 34.0. The number of allylic oxidation sites excluding steroid dienone is 6. The van der Waals surface area contributed by atoms with Gasteiger partial charge in [0.25, 0.3) is 0 Å². The van der Waals surface area contributed by atoms with Crippen molar-refractivity contribution in [1.82, 2.24) is 5.32 Å². The standard InChI is InChI=1S/C41H79N2O6P/c1-6-8-10-12-14-16-18-20-21-23-24-26-28-30-32-34-40(44)39(38-49-50(46,47)48-37-36-43(3,4)5)42-41(45)35-33-31-29-27-25-22-19-17-15-13-11-9-7-2/h9,11,15,17,22,25,39-40,44H,6-8,10,12-14,16,18-21,23-24,26-38H2,1-5H3,(H-,42,45,46,47)/p+1/b11-9-,17-15-,25-22-. The number of aliphatic hydroxyl groups is 1. The Morgan fingerprint density at radius 1 is 0.700 bits per heavy atom. The molecule has 3 atom stereocenters. The van der Waals surface area contributed by atoms with E-state index >= 15 is 0 Å². The third-order valence-electron chi connectivity index (χ3n) is 8.90. The number of amides is 1. The van der Waals surface area contributed by atoms with Crippen LogP contribution in [-0.2, 0) is 18.4 Å². The smallest absolute Gasteiger partial charge is 0.391 e. The first kappa shape index (κ1) is 48.7. The van der Waals surface area contributed by atoms with Gasteiger partial charge in [0.05, 0.1) is 39.9 Å². The van der Waals surface area contributed by atoms with Crippen LogP contribution in [0.15, 0.2) is 36.5 Å². The van der Waals surface area contributed by atoms with Crippen LogP contribution in [0, 0.1) is 0 Å². The maximum absolute atomic E-state index is 12.8. The molecule has 3 unspecified atom stereocenters. The summed E-state index contributed by atoms with van der Waals surface area (Å²) in [4.78, 5) is 23.0. The maximum atomic E-state index is 12.8. The van der Waals surface area contributed by atoms with Gasteiger partial charge in [-0.25, -0.2) is 4.57 Å². The van der Waals surface area contributed by atoms with Gasteiger partial charge in [-0.05, 0) is 44.9 Å². The number of carbonyl (C=O) groups is 1. The van der Waals surface area contributed by atoms with Crippen LogP contribution in [0.5, 0.6) is 0 Å². The van der Waals surface area contributed by atoms with Crippen LogP contribution < -0.4 is 5.32 Å². The lowest BCUT2D eigenvalue weighted by molar-refractivity contribution is -0.870. The third kappa shape index (κ3) is 35.1. The molecular weight excluding hydrogens is 647 g/mol. The molecule has 0 aliphatic heterocycles. The molecule has 3 N–H and O–H groups in total. The highest BCUT2D eigenvalue weighted by molar-refractivity contribution is 7.47. The molecule has 0 rings (SSSR count). The van der Waals surface area contributed by atoms with E-state index in [4.69, 9.17) is 9.05 Å². The number of aliphatic hydroxyl groups excluding tert-OH is 1. The van der Waals surface area contributed by atoms with Gasteiger partial charge < -0.3 is 19.8 Å². The number of nitrogens with zero attached hydrogens (tertiary/aromatic N) is 1. The fraction of sp³-hybridized carbons (Fsp3) is 0.829. The van der Waals surface area contributed by atoms with Crippen LogP contribution >= 0.6 is 7.82 Å². The molecule has 0 heterocycles. The zero-order valence-electron chi connectivity index (χ0n) is 33.1. The normalized spacial score (nSPS) is 14.9. The minimum atomic E-state index is -4.32. The van der Waals surface area contributed by atoms with Gasteiger partial charge in [0.2, 0.25) is 5.91 Å². The number of hydrogen-bond donors (Lipinski definition) is 3. The minimum Gasteiger partial charge on any atom is -0.391 e. The summed E-state index contributed by atoms with van der Waals surface area (Å²) >= 11 is 0. The maximum Gasteiger partial charge on any atom is 0.472 e. The fourth-order valence-corrected chi connectivity index (χ4v) is 6.38. The van der Waals surface area contributed by atoms with E-state index in [1.807, 2.05) is 21.1 Å². The highest BCUT2D eigenvalue weighted by Gasteiger charge is 2.28. The summed E-state index contributed by atoms with van der Waals surface area (Å²) in [7, 11) is 1.59. The zero-order chi connectivity index (χ0) is 37.2. The molecule has 0 aliphatic carbocycles. The van der Waals surface area contributed by atoms with E-state index in [0.717, 1.165) is 64.2 Å². The predicted octanol–water partition coefficient (Wildman–Crippen LogP) is 10.7. The lowest BCUT2D eigenvalue weighted by Gasteiger charge is -2.26. The van der Waals surface area contributed by atoms with Gasteiger partial charge in [0.15, 0.2) is 0 Å². The molecule has 0 aromatic carbocycles. The van der Waals surface area contributed by atoms with Crippen LogP contribution in [0.3, 0.4) is 0 Å². The van der Waals surface area contributed by atoms with E-state index in [0.29, 0.717) is 23.9 Å². The van der Waals surface area contributed by atoms with Crippen LogP contribution in [0.4, 0.5) is 0 Å². The van der Waals surface area contributed by atoms with E-state index < -0.39 is 20.0 Å². The number of rotatable bonds is 36. The Kier molecular flexibility index (Phi) is 32.7. The van der Waals surface area contributed by atoms with E-state index in [2.05, 4.69) is 55.6 Å². The SMILES string of the molecule is CC/C=C\C/C=C\C/C=C\CCCCCC(=O)NC(COP(=O)(O)OCC[N+](C)(C)C)C(O)CCCCCCCCCCCCCCCCC. The van der Waals surface area contributed by atoms with Gasteiger partial charge in [0, 0.05) is 6.42 Å². The van der Waals surface area contributed by atoms with Crippen molar-refractivity contribution in [1.29, 1.82) is 0 Å². The van der Waals surface area contributed by atoms with Crippen LogP contribution in [0.1, 0.15) is 168 Å². The lowest BCUT2D eigenvalue weighted by atomic mass is 10.0. The number of phosphoric acid groups is 1. The van der Waals surface area contributed by atoms with Crippen LogP contribution in [-0.4, -0.2) is 73.4 Å². The lowest BCUT2D eigenvalue weighted by Crippen LogP contribution is -2.46. The van der Waals surface area contributed by atoms with Gasteiger partial charge in [-0.15, -0.1) is 0 Å². The molecule has 9 heteroatoms. The van der Waals surface area contributed by atoms with Gasteiger partial charge in [-0.2, -0.15) is 0 Å². The first-order chi connectivity index (χ1) is 24.0. The van der Waals surface area contributed by atoms with E-state index in [-0.39, 0.29) is 19.1 Å². The first-order valence-corrected chi connectivity index (χ1v) is 21.8. The van der Waals surface area contributed by atoms with E-state index in [9.17, 15) is 19.4 Å². The Morgan fingerprint density at radius 3 is 1.74 bits per heavy atom. The molecule has 0 aliphatic rings. The van der Waals surface area contributed by atoms with Crippen molar-refractivity contribution in [3.63, 3.8) is 0 Å². The summed E-state index contributed by atoms with van der Waals surface area (Å²) in [5.41, 5.74) is 0. The van der Waals surface area contributed by atoms with Crippen molar-refractivity contribution in [3.05, 3.63) is 36.5 Å². The summed E-state index contributed by atoms with van der Waals surface area (Å²) in [5.74, 6) is -0.175. The molecule has 1 amide bonds. The molecule has 8 nitrogen and oxygen atoms in total. The average molecular weight is 728 g/mol. The fourth-order valence-electron chi connectivity index (χ4n) is 5.65. The molecule has 294 valence electrons. The second-order valence-corrected chi connectivity index (χ2v) is 16.4. The molecule has 0 bridgehead atoms. The highest BCUT2D eigenvalue weighted by atomic mass is 31.2. The Bertz CT molecular complexity index is 917. The minimum absolute atomic E-state index is 0.0680. The van der Waals surface area contributed by atoms with Crippen molar-refractivity contribution in [2.24, 2.45) is 0 Å². The summed E-state index contributed by atoms with van der Waals surface area (Å²) in [6.07, 6.45) is 38.8. The van der Waals surface area contributed by atoms with Gasteiger partial charge in [-0.3, -0.25) is 13.8 Å². The van der Waals surface area contributed by atoms with Crippen LogP contribution in [0.25, 0.3) is 0 Å². The second-order valence-electron chi connectivity index (χ2n) is 15.0. The molecule has 0 saturated carbocycles. The van der Waals surface area contributed by atoms with E-state index in [1.54, 1.807) is 0 Å². The number of nitrogens with one attached hydrogen (secondary N) is 1. The number of unbranched alkanes of at least 4 members (excludes halogenated alkanes) is 17. The number of hydrogen-bond acceptors (Lipinski definition) is 5. The monoisotopic (exact) mass is 728 g/mol. The summed E-state index contributed by atoms with van der Waals surface area (Å²) in [6, 6.07) is -0.773. The molecule has 0 radical (unpaired) electrons. The third-order valence-corrected chi connectivity index (χ3v) is 9.89. The largest absolute Gasteiger partial charge is 0.472 e. The summed E-state index contributed by atoms with van der Waals surface area (Å²) < 4.78 is 23.5. The number of likely N-dealkylation sites (N-methyl/N-ethyl adjacent to an activating group) is 1. The summed E-state index contributed by atoms with van der Waals surface area (Å²) in [5, 5.41) is 13.9. The van der Waals surface area contributed by atoms with Gasteiger partial charge in [-0.1, -0.05) is 153 Å². The molecule has 0 aromatic heterocycles. The molecule has 0 fully saturated rings. The Morgan fingerprint density at radius 2 is 1.20 bits per heavy atom. The quantitative estimate of drug-likeness (QED) is 0.0257. The molecule has 50 heavy (non-hydrogen) atoms. The van der Waals surface area contributed by atoms with Gasteiger partial charge >= 0.3 is 7.82 Å². The summed E-state index contributed by atoms with van der Waals surface area (Å²) in [6.45, 7) is 4.73. The molecule has 0 spiro atoms. The van der Waals surface area contributed by atoms with Crippen molar-refractivity contribution in [3.8, 4) is 0 Å². The Hall–Kier alpha value is -1.28. The number of carbonyl (C=O) groups excluding carboxylic acids is 1. The van der Waals surface area contributed by atoms with Crippen molar-refractivity contribution < 1.29 is 32.9 Å². The second kappa shape index (κ2) is 33.5. The van der Waals surface area contributed by atoms with Crippen LogP contribution in [0.2, 0.25) is 0 Å². The number of phosphoric ester groups is 1. The topological polar surface area (TPSA) is 105 Å². The predicted molar refractivity (Wildman–Crippen MR) is 212 cm³/mol. The van der Waals surface area contributed by atoms with E-state index in [1.165, 1.54) is 77.0 Å².